The van der Waals surface area contributed by atoms with Gasteiger partial charge in [-0.2, -0.15) is 0 Å². The van der Waals surface area contributed by atoms with Crippen LogP contribution >= 0.6 is 0 Å². The van der Waals surface area contributed by atoms with E-state index in [1.807, 2.05) is 6.92 Å². The molecule has 108 valence electrons. The van der Waals surface area contributed by atoms with Gasteiger partial charge in [0.2, 0.25) is 0 Å². The Labute approximate surface area is 121 Å². The smallest absolute Gasteiger partial charge is 0.0238 e. The zero-order valence-corrected chi connectivity index (χ0v) is 13.8. The van der Waals surface area contributed by atoms with Crippen molar-refractivity contribution >= 4 is 0 Å². The SMILES string of the molecule is CC=C(C)C.[CH2]C.[CH2]c1ccc(CC(C)CC)cc1. The van der Waals surface area contributed by atoms with Gasteiger partial charge in [0.15, 0.2) is 0 Å². The first kappa shape index (κ1) is 20.3. The van der Waals surface area contributed by atoms with E-state index in [0.717, 1.165) is 11.5 Å². The maximum atomic E-state index is 3.86. The fourth-order valence-corrected chi connectivity index (χ4v) is 1.22. The molecule has 0 fully saturated rings. The van der Waals surface area contributed by atoms with E-state index in [1.165, 1.54) is 24.0 Å². The van der Waals surface area contributed by atoms with Crippen LogP contribution in [0.1, 0.15) is 59.1 Å². The van der Waals surface area contributed by atoms with Crippen molar-refractivity contribution in [3.63, 3.8) is 0 Å². The average Bonchev–Trinajstić information content (AvgIpc) is 2.44. The van der Waals surface area contributed by atoms with E-state index in [9.17, 15) is 0 Å². The highest BCUT2D eigenvalue weighted by Crippen LogP contribution is 2.11. The molecule has 0 spiro atoms. The third-order valence-corrected chi connectivity index (χ3v) is 2.88. The molecule has 0 aliphatic rings. The topological polar surface area (TPSA) is 0 Å². The highest BCUT2D eigenvalue weighted by molar-refractivity contribution is 5.24. The molecule has 0 aromatic heterocycles. The molecule has 0 amide bonds. The molecule has 2 radical (unpaired) electrons. The lowest BCUT2D eigenvalue weighted by Gasteiger charge is -2.07. The number of hydrogen-bond acceptors (Lipinski definition) is 0. The zero-order chi connectivity index (χ0) is 15.3. The third kappa shape index (κ3) is 13.2. The summed E-state index contributed by atoms with van der Waals surface area (Å²) < 4.78 is 0. The summed E-state index contributed by atoms with van der Waals surface area (Å²) in [7, 11) is 0. The predicted octanol–water partition coefficient (Wildman–Crippen LogP) is 6.27. The lowest BCUT2D eigenvalue weighted by atomic mass is 9.98. The van der Waals surface area contributed by atoms with Crippen molar-refractivity contribution in [2.24, 2.45) is 5.92 Å². The lowest BCUT2D eigenvalue weighted by molar-refractivity contribution is 0.560. The summed E-state index contributed by atoms with van der Waals surface area (Å²) in [5.41, 5.74) is 3.91. The van der Waals surface area contributed by atoms with Gasteiger partial charge in [-0.1, -0.05) is 70.0 Å². The Bertz CT molecular complexity index is 312. The molecule has 19 heavy (non-hydrogen) atoms. The van der Waals surface area contributed by atoms with E-state index in [4.69, 9.17) is 0 Å². The van der Waals surface area contributed by atoms with Crippen LogP contribution in [0.2, 0.25) is 0 Å². The van der Waals surface area contributed by atoms with Crippen LogP contribution in [0.25, 0.3) is 0 Å². The molecular weight excluding hydrogens is 228 g/mol. The Kier molecular flexibility index (Phi) is 14.3. The van der Waals surface area contributed by atoms with Crippen LogP contribution in [-0.2, 0) is 6.42 Å². The summed E-state index contributed by atoms with van der Waals surface area (Å²) in [5.74, 6) is 0.792. The quantitative estimate of drug-likeness (QED) is 0.562. The molecular formula is C19H32. The van der Waals surface area contributed by atoms with Crippen molar-refractivity contribution in [1.29, 1.82) is 0 Å². The molecule has 0 heteroatoms. The highest BCUT2D eigenvalue weighted by Gasteiger charge is 1.99. The van der Waals surface area contributed by atoms with Gasteiger partial charge in [-0.3, -0.25) is 0 Å². The van der Waals surface area contributed by atoms with Gasteiger partial charge in [-0.15, -0.1) is 0 Å². The van der Waals surface area contributed by atoms with E-state index in [-0.39, 0.29) is 0 Å². The molecule has 0 bridgehead atoms. The minimum absolute atomic E-state index is 0.792. The summed E-state index contributed by atoms with van der Waals surface area (Å²) in [6, 6.07) is 8.51. The molecule has 0 saturated heterocycles. The zero-order valence-electron chi connectivity index (χ0n) is 13.8. The van der Waals surface area contributed by atoms with Gasteiger partial charge >= 0.3 is 0 Å². The predicted molar refractivity (Wildman–Crippen MR) is 90.2 cm³/mol. The molecule has 0 aliphatic heterocycles. The largest absolute Gasteiger partial charge is 0.0890 e. The second kappa shape index (κ2) is 13.4. The van der Waals surface area contributed by atoms with Gasteiger partial charge in [0.1, 0.15) is 0 Å². The minimum Gasteiger partial charge on any atom is -0.0890 e. The molecule has 0 heterocycles. The summed E-state index contributed by atoms with van der Waals surface area (Å²) in [6.07, 6.45) is 4.53. The van der Waals surface area contributed by atoms with Crippen LogP contribution in [0.4, 0.5) is 0 Å². The summed E-state index contributed by atoms with van der Waals surface area (Å²) in [4.78, 5) is 0. The number of rotatable bonds is 3. The van der Waals surface area contributed by atoms with Crippen molar-refractivity contribution in [2.75, 3.05) is 0 Å². The second-order valence-electron chi connectivity index (χ2n) is 4.90. The van der Waals surface area contributed by atoms with Gasteiger partial charge in [-0.25, -0.2) is 0 Å². The Morgan fingerprint density at radius 2 is 1.58 bits per heavy atom. The Morgan fingerprint density at radius 3 is 1.89 bits per heavy atom. The van der Waals surface area contributed by atoms with Gasteiger partial charge in [0.25, 0.3) is 0 Å². The highest BCUT2D eigenvalue weighted by atomic mass is 14.0. The maximum absolute atomic E-state index is 3.86. The second-order valence-corrected chi connectivity index (χ2v) is 4.90. The van der Waals surface area contributed by atoms with Crippen molar-refractivity contribution in [2.45, 2.75) is 54.4 Å². The van der Waals surface area contributed by atoms with E-state index in [2.05, 4.69) is 71.9 Å². The molecule has 1 atom stereocenters. The standard InChI is InChI=1S/C12H17.C5H10.C2H5/c1-4-10(2)9-12-7-5-11(3)6-8-12;1-4-5(2)3;1-2/h5-8,10H,3-4,9H2,1-2H3;4H,1-3H3;1H2,2H3. The molecule has 1 unspecified atom stereocenters. The van der Waals surface area contributed by atoms with E-state index in [0.29, 0.717) is 0 Å². The fraction of sp³-hybridized carbons (Fsp3) is 0.474. The summed E-state index contributed by atoms with van der Waals surface area (Å²) in [6.45, 7) is 19.6. The molecule has 1 aromatic rings. The van der Waals surface area contributed by atoms with E-state index >= 15 is 0 Å². The van der Waals surface area contributed by atoms with Gasteiger partial charge in [0.05, 0.1) is 0 Å². The van der Waals surface area contributed by atoms with Gasteiger partial charge in [0, 0.05) is 0 Å². The Balaban J connectivity index is 0. The first-order valence-electron chi connectivity index (χ1n) is 7.20. The average molecular weight is 260 g/mol. The van der Waals surface area contributed by atoms with E-state index in [1.54, 1.807) is 6.92 Å². The first-order chi connectivity index (χ1) is 8.99. The summed E-state index contributed by atoms with van der Waals surface area (Å²) in [5, 5.41) is 0. The number of hydrogen-bond donors (Lipinski definition) is 0. The van der Waals surface area contributed by atoms with Crippen LogP contribution in [0, 0.1) is 19.8 Å². The molecule has 0 saturated carbocycles. The molecule has 0 nitrogen and oxygen atoms in total. The van der Waals surface area contributed by atoms with Crippen molar-refractivity contribution in [3.05, 3.63) is 60.9 Å². The maximum Gasteiger partial charge on any atom is -0.0238 e. The first-order valence-corrected chi connectivity index (χ1v) is 7.20. The third-order valence-electron chi connectivity index (χ3n) is 2.88. The minimum atomic E-state index is 0.792. The van der Waals surface area contributed by atoms with Crippen molar-refractivity contribution in [1.82, 2.24) is 0 Å². The lowest BCUT2D eigenvalue weighted by Crippen LogP contribution is -1.97. The normalized spacial score (nSPS) is 10.3. The number of allylic oxidation sites excluding steroid dienone is 2. The van der Waals surface area contributed by atoms with Crippen molar-refractivity contribution in [3.8, 4) is 0 Å². The van der Waals surface area contributed by atoms with Crippen LogP contribution in [0.3, 0.4) is 0 Å². The molecule has 1 aromatic carbocycles. The van der Waals surface area contributed by atoms with E-state index < -0.39 is 0 Å². The molecule has 0 aliphatic carbocycles. The Hall–Kier alpha value is -1.04. The number of benzene rings is 1. The van der Waals surface area contributed by atoms with Gasteiger partial charge < -0.3 is 0 Å². The van der Waals surface area contributed by atoms with Crippen LogP contribution in [0.5, 0.6) is 0 Å². The van der Waals surface area contributed by atoms with Crippen LogP contribution in [-0.4, -0.2) is 0 Å². The Morgan fingerprint density at radius 1 is 1.16 bits per heavy atom. The van der Waals surface area contributed by atoms with Crippen molar-refractivity contribution < 1.29 is 0 Å². The van der Waals surface area contributed by atoms with Crippen LogP contribution in [0.15, 0.2) is 35.9 Å². The molecule has 0 N–H and O–H groups in total. The molecule has 1 rings (SSSR count). The monoisotopic (exact) mass is 260 g/mol. The fourth-order valence-electron chi connectivity index (χ4n) is 1.22. The van der Waals surface area contributed by atoms with Gasteiger partial charge in [-0.05, 0) is 51.2 Å². The summed E-state index contributed by atoms with van der Waals surface area (Å²) >= 11 is 0. The van der Waals surface area contributed by atoms with Crippen LogP contribution < -0.4 is 0 Å².